The van der Waals surface area contributed by atoms with Crippen LogP contribution < -0.4 is 0 Å². The van der Waals surface area contributed by atoms with Crippen LogP contribution in [0.2, 0.25) is 5.15 Å². The molecule has 16 heavy (non-hydrogen) atoms. The van der Waals surface area contributed by atoms with Crippen LogP contribution in [0.15, 0.2) is 0 Å². The lowest BCUT2D eigenvalue weighted by molar-refractivity contribution is 0.528. The zero-order valence-electron chi connectivity index (χ0n) is 8.89. The fourth-order valence-electron chi connectivity index (χ4n) is 1.31. The molecule has 0 aliphatic carbocycles. The standard InChI is InChI=1S/C9H13Cl4N3/c1-2-3-4-5-6-16-8(10)7(14-15-16)9(11,12)13/h2-6H2,1H3. The zero-order valence-corrected chi connectivity index (χ0v) is 11.9. The lowest BCUT2D eigenvalue weighted by atomic mass is 10.2. The van der Waals surface area contributed by atoms with Crippen LogP contribution in [0, 0.1) is 0 Å². The minimum Gasteiger partial charge on any atom is -0.233 e. The molecule has 0 N–H and O–H groups in total. The van der Waals surface area contributed by atoms with Crippen LogP contribution in [0.5, 0.6) is 0 Å². The molecule has 1 rings (SSSR count). The van der Waals surface area contributed by atoms with E-state index >= 15 is 0 Å². The largest absolute Gasteiger partial charge is 0.237 e. The van der Waals surface area contributed by atoms with Crippen LogP contribution in [0.3, 0.4) is 0 Å². The second kappa shape index (κ2) is 6.29. The van der Waals surface area contributed by atoms with E-state index in [2.05, 4.69) is 17.2 Å². The third-order valence-corrected chi connectivity index (χ3v) is 3.08. The summed E-state index contributed by atoms with van der Waals surface area (Å²) >= 11 is 23.1. The maximum absolute atomic E-state index is 6.01. The minimum absolute atomic E-state index is 0.189. The van der Waals surface area contributed by atoms with Gasteiger partial charge in [0.25, 0.3) is 0 Å². The maximum atomic E-state index is 6.01. The van der Waals surface area contributed by atoms with E-state index in [0.717, 1.165) is 12.8 Å². The quantitative estimate of drug-likeness (QED) is 0.598. The van der Waals surface area contributed by atoms with Crippen molar-refractivity contribution in [1.82, 2.24) is 15.0 Å². The second-order valence-corrected chi connectivity index (χ2v) is 6.15. The Labute approximate surface area is 115 Å². The number of hydrogen-bond acceptors (Lipinski definition) is 2. The molecular weight excluding hydrogens is 292 g/mol. The Kier molecular flexibility index (Phi) is 5.65. The Bertz CT molecular complexity index is 332. The SMILES string of the molecule is CCCCCCn1nnc(C(Cl)(Cl)Cl)c1Cl. The zero-order chi connectivity index (χ0) is 12.2. The molecule has 0 bridgehead atoms. The van der Waals surface area contributed by atoms with Crippen molar-refractivity contribution in [3.63, 3.8) is 0 Å². The predicted molar refractivity (Wildman–Crippen MR) is 68.4 cm³/mol. The first kappa shape index (κ1) is 14.4. The Morgan fingerprint density at radius 2 is 1.88 bits per heavy atom. The Balaban J connectivity index is 2.59. The molecule has 0 saturated carbocycles. The van der Waals surface area contributed by atoms with Gasteiger partial charge in [0.2, 0.25) is 3.79 Å². The number of rotatable bonds is 5. The van der Waals surface area contributed by atoms with Gasteiger partial charge in [-0.05, 0) is 6.42 Å². The summed E-state index contributed by atoms with van der Waals surface area (Å²) in [5, 5.41) is 7.93. The molecule has 0 atom stereocenters. The molecule has 92 valence electrons. The van der Waals surface area contributed by atoms with Crippen molar-refractivity contribution >= 4 is 46.4 Å². The van der Waals surface area contributed by atoms with Gasteiger partial charge in [0.1, 0.15) is 0 Å². The molecule has 7 heteroatoms. The van der Waals surface area contributed by atoms with Crippen LogP contribution in [-0.2, 0) is 10.3 Å². The topological polar surface area (TPSA) is 30.7 Å². The van der Waals surface area contributed by atoms with Gasteiger partial charge in [-0.3, -0.25) is 0 Å². The molecule has 0 saturated heterocycles. The molecule has 3 nitrogen and oxygen atoms in total. The summed E-state index contributed by atoms with van der Waals surface area (Å²) in [7, 11) is 0. The first-order chi connectivity index (χ1) is 7.46. The highest BCUT2D eigenvalue weighted by atomic mass is 35.6. The van der Waals surface area contributed by atoms with Gasteiger partial charge in [0, 0.05) is 6.54 Å². The van der Waals surface area contributed by atoms with E-state index in [4.69, 9.17) is 46.4 Å². The molecule has 1 aromatic rings. The van der Waals surface area contributed by atoms with Crippen molar-refractivity contribution in [3.05, 3.63) is 10.8 Å². The highest BCUT2D eigenvalue weighted by molar-refractivity contribution is 6.67. The van der Waals surface area contributed by atoms with E-state index in [1.807, 2.05) is 0 Å². The first-order valence-corrected chi connectivity index (χ1v) is 6.64. The van der Waals surface area contributed by atoms with Crippen LogP contribution in [0.4, 0.5) is 0 Å². The number of aromatic nitrogens is 3. The number of nitrogens with zero attached hydrogens (tertiary/aromatic N) is 3. The summed E-state index contributed by atoms with van der Waals surface area (Å²) in [5.41, 5.74) is 0.189. The van der Waals surface area contributed by atoms with Crippen LogP contribution >= 0.6 is 46.4 Å². The number of hydrogen-bond donors (Lipinski definition) is 0. The highest BCUT2D eigenvalue weighted by Crippen LogP contribution is 2.40. The molecule has 0 unspecified atom stereocenters. The molecule has 1 heterocycles. The molecule has 0 fully saturated rings. The number of unbranched alkanes of at least 4 members (excludes halogenated alkanes) is 3. The van der Waals surface area contributed by atoms with Gasteiger partial charge in [-0.25, -0.2) is 4.68 Å². The van der Waals surface area contributed by atoms with Gasteiger partial charge in [0.05, 0.1) is 0 Å². The van der Waals surface area contributed by atoms with Gasteiger partial charge < -0.3 is 0 Å². The fourth-order valence-corrected chi connectivity index (χ4v) is 2.13. The highest BCUT2D eigenvalue weighted by Gasteiger charge is 2.31. The summed E-state index contributed by atoms with van der Waals surface area (Å²) < 4.78 is -0.0484. The first-order valence-electron chi connectivity index (χ1n) is 5.13. The van der Waals surface area contributed by atoms with E-state index in [1.165, 1.54) is 12.8 Å². The van der Waals surface area contributed by atoms with E-state index in [-0.39, 0.29) is 5.69 Å². The van der Waals surface area contributed by atoms with E-state index < -0.39 is 3.79 Å². The van der Waals surface area contributed by atoms with Crippen LogP contribution in [0.25, 0.3) is 0 Å². The van der Waals surface area contributed by atoms with Crippen molar-refractivity contribution in [1.29, 1.82) is 0 Å². The van der Waals surface area contributed by atoms with E-state index in [9.17, 15) is 0 Å². The molecule has 0 spiro atoms. The molecule has 0 radical (unpaired) electrons. The van der Waals surface area contributed by atoms with Gasteiger partial charge in [-0.15, -0.1) is 5.10 Å². The molecule has 1 aromatic heterocycles. The van der Waals surface area contributed by atoms with Gasteiger partial charge in [-0.2, -0.15) is 0 Å². The fraction of sp³-hybridized carbons (Fsp3) is 0.778. The lowest BCUT2D eigenvalue weighted by Gasteiger charge is -2.07. The average molecular weight is 305 g/mol. The van der Waals surface area contributed by atoms with Crippen molar-refractivity contribution in [2.45, 2.75) is 42.9 Å². The van der Waals surface area contributed by atoms with Crippen molar-refractivity contribution < 1.29 is 0 Å². The van der Waals surface area contributed by atoms with Gasteiger partial charge >= 0.3 is 0 Å². The Hall–Kier alpha value is 0.300. The summed E-state index contributed by atoms with van der Waals surface area (Å²) in [6, 6.07) is 0. The summed E-state index contributed by atoms with van der Waals surface area (Å²) in [6.45, 7) is 2.86. The summed E-state index contributed by atoms with van der Waals surface area (Å²) in [6.07, 6.45) is 4.51. The molecular formula is C9H13Cl4N3. The monoisotopic (exact) mass is 303 g/mol. The molecule has 0 aliphatic heterocycles. The van der Waals surface area contributed by atoms with Crippen molar-refractivity contribution in [2.24, 2.45) is 0 Å². The molecule has 0 amide bonds. The molecule has 0 aromatic carbocycles. The van der Waals surface area contributed by atoms with Crippen molar-refractivity contribution in [2.75, 3.05) is 0 Å². The Morgan fingerprint density at radius 1 is 1.19 bits per heavy atom. The number of alkyl halides is 3. The van der Waals surface area contributed by atoms with E-state index in [0.29, 0.717) is 11.7 Å². The van der Waals surface area contributed by atoms with Gasteiger partial charge in [-0.1, -0.05) is 77.8 Å². The maximum Gasteiger partial charge on any atom is 0.237 e. The van der Waals surface area contributed by atoms with E-state index in [1.54, 1.807) is 4.68 Å². The predicted octanol–water partition coefficient (Wildman–Crippen LogP) is 4.34. The third kappa shape index (κ3) is 3.95. The average Bonchev–Trinajstić information content (AvgIpc) is 2.54. The summed E-state index contributed by atoms with van der Waals surface area (Å²) in [4.78, 5) is 0. The summed E-state index contributed by atoms with van der Waals surface area (Å²) in [5.74, 6) is 0. The van der Waals surface area contributed by atoms with Gasteiger partial charge in [0.15, 0.2) is 10.8 Å². The number of aryl methyl sites for hydroxylation is 1. The minimum atomic E-state index is -1.61. The lowest BCUT2D eigenvalue weighted by Crippen LogP contribution is -2.03. The van der Waals surface area contributed by atoms with Crippen molar-refractivity contribution in [3.8, 4) is 0 Å². The van der Waals surface area contributed by atoms with Crippen LogP contribution in [0.1, 0.15) is 38.3 Å². The Morgan fingerprint density at radius 3 is 2.38 bits per heavy atom. The number of halogens is 4. The molecule has 0 aliphatic rings. The smallest absolute Gasteiger partial charge is 0.233 e. The van der Waals surface area contributed by atoms with Crippen LogP contribution in [-0.4, -0.2) is 15.0 Å². The normalized spacial score (nSPS) is 12.1. The second-order valence-electron chi connectivity index (χ2n) is 3.51. The third-order valence-electron chi connectivity index (χ3n) is 2.17.